The summed E-state index contributed by atoms with van der Waals surface area (Å²) in [7, 11) is 0. The molecule has 1 aromatic rings. The fraction of sp³-hybridized carbons (Fsp3) is 0.538. The average Bonchev–Trinajstić information content (AvgIpc) is 2.43. The van der Waals surface area contributed by atoms with Crippen molar-refractivity contribution in [3.05, 3.63) is 34.9 Å². The molecule has 1 aliphatic heterocycles. The van der Waals surface area contributed by atoms with Crippen LogP contribution < -0.4 is 0 Å². The zero-order valence-corrected chi connectivity index (χ0v) is 10.5. The lowest BCUT2D eigenvalue weighted by Crippen LogP contribution is -2.37. The number of likely N-dealkylation sites (tertiary alicyclic amines) is 1. The zero-order chi connectivity index (χ0) is 11.8. The Morgan fingerprint density at radius 1 is 1.38 bits per heavy atom. The van der Waals surface area contributed by atoms with E-state index >= 15 is 0 Å². The summed E-state index contributed by atoms with van der Waals surface area (Å²) in [4.78, 5) is 2.32. The van der Waals surface area contributed by atoms with Gasteiger partial charge in [0.15, 0.2) is 0 Å². The molecule has 1 aliphatic rings. The third-order valence-electron chi connectivity index (χ3n) is 3.31. The first-order valence-electron chi connectivity index (χ1n) is 5.65. The Morgan fingerprint density at radius 2 is 2.00 bits per heavy atom. The van der Waals surface area contributed by atoms with Gasteiger partial charge in [-0.15, -0.1) is 0 Å². The Morgan fingerprint density at radius 3 is 2.50 bits per heavy atom. The highest BCUT2D eigenvalue weighted by Crippen LogP contribution is 2.30. The summed E-state index contributed by atoms with van der Waals surface area (Å²) >= 11 is 5.85. The first kappa shape index (κ1) is 11.9. The van der Waals surface area contributed by atoms with Gasteiger partial charge in [0.2, 0.25) is 0 Å². The van der Waals surface area contributed by atoms with Crippen LogP contribution in [0.5, 0.6) is 0 Å². The minimum Gasteiger partial charge on any atom is -0.392 e. The molecular formula is C13H18ClNO. The van der Waals surface area contributed by atoms with E-state index in [1.54, 1.807) is 0 Å². The molecule has 1 unspecified atom stereocenters. The Labute approximate surface area is 102 Å². The van der Waals surface area contributed by atoms with Crippen LogP contribution in [0.1, 0.15) is 25.8 Å². The molecule has 1 saturated heterocycles. The maximum atomic E-state index is 9.69. The highest BCUT2D eigenvalue weighted by Gasteiger charge is 2.37. The molecule has 2 nitrogen and oxygen atoms in total. The largest absolute Gasteiger partial charge is 0.392 e. The lowest BCUT2D eigenvalue weighted by Gasteiger charge is -2.31. The van der Waals surface area contributed by atoms with Crippen molar-refractivity contribution in [2.24, 2.45) is 0 Å². The van der Waals surface area contributed by atoms with Crippen LogP contribution in [0.4, 0.5) is 0 Å². The first-order chi connectivity index (χ1) is 7.47. The van der Waals surface area contributed by atoms with Gasteiger partial charge in [0.05, 0.1) is 6.10 Å². The standard InChI is InChI=1S/C13H18ClNO/c1-13(2)7-12(16)9-15(13)8-10-3-5-11(14)6-4-10/h3-6,12,16H,7-9H2,1-2H3. The number of rotatable bonds is 2. The van der Waals surface area contributed by atoms with Crippen molar-refractivity contribution in [1.29, 1.82) is 0 Å². The molecule has 0 aromatic heterocycles. The molecule has 2 rings (SSSR count). The SMILES string of the molecule is CC1(C)CC(O)CN1Cc1ccc(Cl)cc1. The molecule has 1 heterocycles. The van der Waals surface area contributed by atoms with E-state index in [1.807, 2.05) is 24.3 Å². The minimum atomic E-state index is -0.192. The summed E-state index contributed by atoms with van der Waals surface area (Å²) in [6.45, 7) is 6.00. The summed E-state index contributed by atoms with van der Waals surface area (Å²) in [5.74, 6) is 0. The van der Waals surface area contributed by atoms with Gasteiger partial charge >= 0.3 is 0 Å². The van der Waals surface area contributed by atoms with Crippen LogP contribution in [0.25, 0.3) is 0 Å². The molecule has 16 heavy (non-hydrogen) atoms. The van der Waals surface area contributed by atoms with E-state index in [4.69, 9.17) is 11.6 Å². The van der Waals surface area contributed by atoms with E-state index < -0.39 is 0 Å². The fourth-order valence-corrected chi connectivity index (χ4v) is 2.49. The van der Waals surface area contributed by atoms with E-state index in [-0.39, 0.29) is 11.6 Å². The first-order valence-corrected chi connectivity index (χ1v) is 6.03. The molecule has 88 valence electrons. The molecule has 1 atom stereocenters. The van der Waals surface area contributed by atoms with Gasteiger partial charge in [0, 0.05) is 23.7 Å². The number of aliphatic hydroxyl groups is 1. The van der Waals surface area contributed by atoms with Crippen molar-refractivity contribution in [2.75, 3.05) is 6.54 Å². The van der Waals surface area contributed by atoms with Crippen molar-refractivity contribution < 1.29 is 5.11 Å². The summed E-state index contributed by atoms with van der Waals surface area (Å²) < 4.78 is 0. The quantitative estimate of drug-likeness (QED) is 0.858. The van der Waals surface area contributed by atoms with Gasteiger partial charge in [-0.2, -0.15) is 0 Å². The Bertz CT molecular complexity index is 361. The van der Waals surface area contributed by atoms with Crippen LogP contribution in [0.2, 0.25) is 5.02 Å². The molecule has 0 aliphatic carbocycles. The Kier molecular flexibility index (Phi) is 3.24. The maximum absolute atomic E-state index is 9.69. The van der Waals surface area contributed by atoms with Crippen molar-refractivity contribution >= 4 is 11.6 Å². The molecule has 0 spiro atoms. The maximum Gasteiger partial charge on any atom is 0.0684 e. The number of halogens is 1. The topological polar surface area (TPSA) is 23.5 Å². The number of benzene rings is 1. The van der Waals surface area contributed by atoms with E-state index in [1.165, 1.54) is 5.56 Å². The molecular weight excluding hydrogens is 222 g/mol. The third kappa shape index (κ3) is 2.57. The lowest BCUT2D eigenvalue weighted by molar-refractivity contribution is 0.156. The van der Waals surface area contributed by atoms with Crippen LogP contribution in [0, 0.1) is 0 Å². The highest BCUT2D eigenvalue weighted by atomic mass is 35.5. The predicted octanol–water partition coefficient (Wildman–Crippen LogP) is 2.69. The summed E-state index contributed by atoms with van der Waals surface area (Å²) in [5.41, 5.74) is 1.32. The molecule has 1 aromatic carbocycles. The normalized spacial score (nSPS) is 24.9. The molecule has 0 saturated carbocycles. The van der Waals surface area contributed by atoms with Crippen molar-refractivity contribution in [3.63, 3.8) is 0 Å². The number of nitrogens with zero attached hydrogens (tertiary/aromatic N) is 1. The van der Waals surface area contributed by atoms with E-state index in [9.17, 15) is 5.11 Å². The van der Waals surface area contributed by atoms with Gasteiger partial charge in [-0.3, -0.25) is 4.90 Å². The zero-order valence-electron chi connectivity index (χ0n) is 9.78. The van der Waals surface area contributed by atoms with Crippen LogP contribution in [-0.4, -0.2) is 28.2 Å². The Hall–Kier alpha value is -0.570. The number of hydrogen-bond acceptors (Lipinski definition) is 2. The van der Waals surface area contributed by atoms with Crippen LogP contribution in [0.3, 0.4) is 0 Å². The van der Waals surface area contributed by atoms with E-state index in [0.717, 1.165) is 24.5 Å². The molecule has 3 heteroatoms. The Balaban J connectivity index is 2.07. The number of aliphatic hydroxyl groups excluding tert-OH is 1. The second-order valence-electron chi connectivity index (χ2n) is 5.18. The van der Waals surface area contributed by atoms with Gasteiger partial charge < -0.3 is 5.11 Å². The minimum absolute atomic E-state index is 0.0824. The van der Waals surface area contributed by atoms with Gasteiger partial charge in [-0.05, 0) is 38.0 Å². The average molecular weight is 240 g/mol. The summed E-state index contributed by atoms with van der Waals surface area (Å²) in [6.07, 6.45) is 0.655. The van der Waals surface area contributed by atoms with Crippen molar-refractivity contribution in [3.8, 4) is 0 Å². The third-order valence-corrected chi connectivity index (χ3v) is 3.56. The molecule has 1 N–H and O–H groups in total. The second-order valence-corrected chi connectivity index (χ2v) is 5.61. The number of β-amino-alcohol motifs (C(OH)–C–C–N with tert-alkyl or cyclic N) is 1. The molecule has 0 bridgehead atoms. The number of hydrogen-bond donors (Lipinski definition) is 1. The van der Waals surface area contributed by atoms with Gasteiger partial charge in [0.25, 0.3) is 0 Å². The van der Waals surface area contributed by atoms with Crippen LogP contribution in [-0.2, 0) is 6.54 Å². The van der Waals surface area contributed by atoms with Crippen molar-refractivity contribution in [1.82, 2.24) is 4.90 Å². The van der Waals surface area contributed by atoms with Crippen LogP contribution >= 0.6 is 11.6 Å². The lowest BCUT2D eigenvalue weighted by atomic mass is 10.0. The smallest absolute Gasteiger partial charge is 0.0684 e. The monoisotopic (exact) mass is 239 g/mol. The molecule has 1 fully saturated rings. The molecule has 0 amide bonds. The van der Waals surface area contributed by atoms with E-state index in [0.29, 0.717) is 0 Å². The van der Waals surface area contributed by atoms with Crippen molar-refractivity contribution in [2.45, 2.75) is 38.5 Å². The van der Waals surface area contributed by atoms with Crippen LogP contribution in [0.15, 0.2) is 24.3 Å². The van der Waals surface area contributed by atoms with Gasteiger partial charge in [-0.25, -0.2) is 0 Å². The van der Waals surface area contributed by atoms with E-state index in [2.05, 4.69) is 18.7 Å². The summed E-state index contributed by atoms with van der Waals surface area (Å²) in [5, 5.41) is 10.5. The summed E-state index contributed by atoms with van der Waals surface area (Å²) in [6, 6.07) is 7.92. The molecule has 0 radical (unpaired) electrons. The highest BCUT2D eigenvalue weighted by molar-refractivity contribution is 6.30. The van der Waals surface area contributed by atoms with Gasteiger partial charge in [0.1, 0.15) is 0 Å². The van der Waals surface area contributed by atoms with Gasteiger partial charge in [-0.1, -0.05) is 23.7 Å². The second kappa shape index (κ2) is 4.36. The predicted molar refractivity (Wildman–Crippen MR) is 66.6 cm³/mol. The fourth-order valence-electron chi connectivity index (χ4n) is 2.36.